The summed E-state index contributed by atoms with van der Waals surface area (Å²) in [6.45, 7) is 3.35. The summed E-state index contributed by atoms with van der Waals surface area (Å²) in [5.74, 6) is 0.415. The second-order valence-corrected chi connectivity index (χ2v) is 7.60. The van der Waals surface area contributed by atoms with Gasteiger partial charge >= 0.3 is 5.69 Å². The van der Waals surface area contributed by atoms with E-state index >= 15 is 0 Å². The number of fused-ring (bicyclic) bond motifs is 4. The number of nitrogens with one attached hydrogen (secondary N) is 1. The first-order valence-electron chi connectivity index (χ1n) is 9.49. The van der Waals surface area contributed by atoms with Gasteiger partial charge in [-0.1, -0.05) is 0 Å². The molecule has 7 rings (SSSR count). The molecule has 0 radical (unpaired) electrons. The molecular formula is C18H19N9O2. The van der Waals surface area contributed by atoms with Crippen LogP contribution in [0.1, 0.15) is 12.0 Å². The van der Waals surface area contributed by atoms with Gasteiger partial charge in [0.1, 0.15) is 11.8 Å². The lowest BCUT2D eigenvalue weighted by Gasteiger charge is -2.47. The number of nitrogens with zero attached hydrogens (tertiary/aromatic N) is 8. The Kier molecular flexibility index (Phi) is 3.28. The summed E-state index contributed by atoms with van der Waals surface area (Å²) in [6, 6.07) is 1.94. The van der Waals surface area contributed by atoms with Gasteiger partial charge in [-0.05, 0) is 18.6 Å². The van der Waals surface area contributed by atoms with E-state index in [2.05, 4.69) is 25.4 Å². The second-order valence-electron chi connectivity index (χ2n) is 7.60. The van der Waals surface area contributed by atoms with Crippen molar-refractivity contribution in [3.8, 4) is 0 Å². The van der Waals surface area contributed by atoms with Crippen LogP contribution in [-0.2, 0) is 11.8 Å². The van der Waals surface area contributed by atoms with Crippen LogP contribution >= 0.6 is 0 Å². The molecule has 0 aromatic carbocycles. The van der Waals surface area contributed by atoms with Crippen molar-refractivity contribution >= 4 is 28.4 Å². The normalized spacial score (nSPS) is 21.0. The molecule has 3 fully saturated rings. The molecule has 4 aromatic heterocycles. The number of aryl methyl sites for hydroxylation is 2. The molecule has 11 nitrogen and oxygen atoms in total. The number of hydrogen-bond donors (Lipinski definition) is 1. The number of ether oxygens (including phenoxy) is 1. The number of morpholine rings is 1. The van der Waals surface area contributed by atoms with E-state index in [4.69, 9.17) is 4.74 Å². The molecule has 2 atom stereocenters. The number of imidazole rings is 1. The van der Waals surface area contributed by atoms with Crippen LogP contribution in [0.4, 0.5) is 11.6 Å². The molecule has 7 heterocycles. The third-order valence-electron chi connectivity index (χ3n) is 5.67. The Morgan fingerprint density at radius 3 is 2.83 bits per heavy atom. The Bertz CT molecular complexity index is 1300. The van der Waals surface area contributed by atoms with Crippen LogP contribution in [0.25, 0.3) is 16.8 Å². The van der Waals surface area contributed by atoms with Crippen molar-refractivity contribution in [2.75, 3.05) is 23.4 Å². The first-order chi connectivity index (χ1) is 14.1. The van der Waals surface area contributed by atoms with E-state index < -0.39 is 0 Å². The van der Waals surface area contributed by atoms with Crippen LogP contribution in [0, 0.1) is 6.92 Å². The molecule has 4 aromatic rings. The smallest absolute Gasteiger partial charge is 0.349 e. The highest BCUT2D eigenvalue weighted by atomic mass is 16.5. The summed E-state index contributed by atoms with van der Waals surface area (Å²) in [4.78, 5) is 26.2. The fraction of sp³-hybridized carbons (Fsp3) is 0.389. The lowest BCUT2D eigenvalue weighted by molar-refractivity contribution is -0.139. The molecule has 3 aliphatic heterocycles. The standard InChI is InChI=1S/C18H19N9O2/c1-10-3-15-20-9-21-26(15)8-13(10)22-17-19-5-14-16(23-17)27(18(28)24(14)2)25-6-11-4-12(7-25)29-11/h3,5,8-9,11-12H,4,6-7H2,1-2H3,(H,19,22,23). The van der Waals surface area contributed by atoms with Crippen molar-refractivity contribution in [2.24, 2.45) is 7.05 Å². The third-order valence-corrected chi connectivity index (χ3v) is 5.67. The molecule has 2 unspecified atom stereocenters. The number of rotatable bonds is 3. The number of hydrogen-bond acceptors (Lipinski definition) is 8. The Morgan fingerprint density at radius 1 is 1.24 bits per heavy atom. The highest BCUT2D eigenvalue weighted by Gasteiger charge is 2.39. The summed E-state index contributed by atoms with van der Waals surface area (Å²) < 4.78 is 10.6. The monoisotopic (exact) mass is 393 g/mol. The van der Waals surface area contributed by atoms with Crippen LogP contribution in [0.3, 0.4) is 0 Å². The van der Waals surface area contributed by atoms with Gasteiger partial charge in [-0.3, -0.25) is 4.57 Å². The Hall–Kier alpha value is -3.47. The number of piperidine rings is 1. The van der Waals surface area contributed by atoms with Gasteiger partial charge in [0.05, 0.1) is 43.4 Å². The van der Waals surface area contributed by atoms with Crippen molar-refractivity contribution < 1.29 is 4.74 Å². The van der Waals surface area contributed by atoms with Crippen LogP contribution in [0.15, 0.2) is 29.6 Å². The highest BCUT2D eigenvalue weighted by Crippen LogP contribution is 2.28. The lowest BCUT2D eigenvalue weighted by Crippen LogP contribution is -2.62. The van der Waals surface area contributed by atoms with E-state index in [1.165, 1.54) is 6.33 Å². The first kappa shape index (κ1) is 16.5. The summed E-state index contributed by atoms with van der Waals surface area (Å²) in [5.41, 5.74) is 3.72. The summed E-state index contributed by atoms with van der Waals surface area (Å²) in [7, 11) is 1.74. The van der Waals surface area contributed by atoms with Gasteiger partial charge in [-0.25, -0.2) is 19.3 Å². The highest BCUT2D eigenvalue weighted by molar-refractivity contribution is 5.73. The quantitative estimate of drug-likeness (QED) is 0.531. The topological polar surface area (TPSA) is 107 Å². The molecule has 148 valence electrons. The zero-order chi connectivity index (χ0) is 19.7. The lowest BCUT2D eigenvalue weighted by atomic mass is 10.0. The number of aromatic nitrogens is 7. The molecule has 29 heavy (non-hydrogen) atoms. The van der Waals surface area contributed by atoms with Crippen LogP contribution in [-0.4, -0.2) is 59.1 Å². The van der Waals surface area contributed by atoms with Crippen molar-refractivity contribution in [2.45, 2.75) is 25.6 Å². The van der Waals surface area contributed by atoms with Crippen molar-refractivity contribution in [1.82, 2.24) is 33.8 Å². The molecular weight excluding hydrogens is 374 g/mol. The first-order valence-corrected chi connectivity index (χ1v) is 9.49. The molecule has 3 saturated heterocycles. The fourth-order valence-electron chi connectivity index (χ4n) is 4.12. The van der Waals surface area contributed by atoms with E-state index in [0.29, 0.717) is 30.2 Å². The minimum absolute atomic E-state index is 0.132. The molecule has 1 N–H and O–H groups in total. The summed E-state index contributed by atoms with van der Waals surface area (Å²) >= 11 is 0. The Labute approximate surface area is 164 Å². The van der Waals surface area contributed by atoms with Gasteiger partial charge in [0, 0.05) is 13.5 Å². The molecule has 11 heteroatoms. The third kappa shape index (κ3) is 2.43. The van der Waals surface area contributed by atoms with Gasteiger partial charge in [-0.2, -0.15) is 14.8 Å². The van der Waals surface area contributed by atoms with Crippen LogP contribution in [0.5, 0.6) is 0 Å². The minimum atomic E-state index is -0.132. The maximum absolute atomic E-state index is 12.9. The average Bonchev–Trinajstić information content (AvgIpc) is 3.24. The maximum atomic E-state index is 12.9. The van der Waals surface area contributed by atoms with Crippen molar-refractivity contribution in [1.29, 1.82) is 0 Å². The van der Waals surface area contributed by atoms with Crippen LogP contribution < -0.4 is 16.0 Å². The van der Waals surface area contributed by atoms with Gasteiger partial charge in [0.25, 0.3) is 0 Å². The van der Waals surface area contributed by atoms with Gasteiger partial charge < -0.3 is 15.1 Å². The molecule has 0 saturated carbocycles. The van der Waals surface area contributed by atoms with Gasteiger partial charge in [0.2, 0.25) is 5.95 Å². The zero-order valence-electron chi connectivity index (χ0n) is 16.0. The summed E-state index contributed by atoms with van der Waals surface area (Å²) in [6.07, 6.45) is 6.46. The van der Waals surface area contributed by atoms with E-state index in [1.807, 2.05) is 24.2 Å². The minimum Gasteiger partial charge on any atom is -0.371 e. The molecule has 2 bridgehead atoms. The van der Waals surface area contributed by atoms with E-state index in [9.17, 15) is 4.79 Å². The Morgan fingerprint density at radius 2 is 2.03 bits per heavy atom. The van der Waals surface area contributed by atoms with E-state index in [0.717, 1.165) is 23.3 Å². The van der Waals surface area contributed by atoms with Crippen LogP contribution in [0.2, 0.25) is 0 Å². The van der Waals surface area contributed by atoms with E-state index in [-0.39, 0.29) is 17.9 Å². The number of anilines is 2. The largest absolute Gasteiger partial charge is 0.371 e. The second kappa shape index (κ2) is 5.77. The SMILES string of the molecule is Cc1cc2ncnn2cc1Nc1ncc2c(n1)n(N1CC3CC(C1)O3)c(=O)n2C. The summed E-state index contributed by atoms with van der Waals surface area (Å²) in [5, 5.41) is 9.44. The molecule has 0 aliphatic carbocycles. The number of pyridine rings is 1. The predicted octanol–water partition coefficient (Wildman–Crippen LogP) is 0.334. The zero-order valence-corrected chi connectivity index (χ0v) is 16.0. The van der Waals surface area contributed by atoms with Crippen molar-refractivity contribution in [3.63, 3.8) is 0 Å². The van der Waals surface area contributed by atoms with E-state index in [1.54, 1.807) is 27.0 Å². The Balaban J connectivity index is 1.42. The molecule has 0 amide bonds. The van der Waals surface area contributed by atoms with Crippen molar-refractivity contribution in [3.05, 3.63) is 40.8 Å². The maximum Gasteiger partial charge on any atom is 0.349 e. The van der Waals surface area contributed by atoms with Gasteiger partial charge in [-0.15, -0.1) is 0 Å². The predicted molar refractivity (Wildman–Crippen MR) is 105 cm³/mol. The van der Waals surface area contributed by atoms with Gasteiger partial charge in [0.15, 0.2) is 11.3 Å². The molecule has 3 aliphatic rings. The average molecular weight is 393 g/mol. The molecule has 0 spiro atoms. The fourth-order valence-corrected chi connectivity index (χ4v) is 4.12.